The van der Waals surface area contributed by atoms with E-state index >= 15 is 4.79 Å². The first kappa shape index (κ1) is 38.0. The first-order valence-corrected chi connectivity index (χ1v) is 25.6. The summed E-state index contributed by atoms with van der Waals surface area (Å²) in [6.45, 7) is 7.67. The van der Waals surface area contributed by atoms with Crippen molar-refractivity contribution in [1.29, 1.82) is 0 Å². The van der Waals surface area contributed by atoms with Crippen LogP contribution in [0.25, 0.3) is 0 Å². The Morgan fingerprint density at radius 2 is 1.77 bits per heavy atom. The van der Waals surface area contributed by atoms with Crippen LogP contribution in [-0.2, 0) is 26.3 Å². The summed E-state index contributed by atoms with van der Waals surface area (Å²) in [6.07, 6.45) is 22.8. The van der Waals surface area contributed by atoms with Gasteiger partial charge in [-0.2, -0.15) is 0 Å². The zero-order valence-electron chi connectivity index (χ0n) is 37.1. The number of allylic oxidation sites excluding steroid dienone is 4. The van der Waals surface area contributed by atoms with Crippen LogP contribution in [0.1, 0.15) is 138 Å². The molecule has 7 bridgehead atoms. The summed E-state index contributed by atoms with van der Waals surface area (Å²) in [5.41, 5.74) is 11.7. The molecule has 6 fully saturated rings. The van der Waals surface area contributed by atoms with Crippen molar-refractivity contribution in [2.75, 3.05) is 19.6 Å². The molecule has 14 rings (SSSR count). The number of aryl methyl sites for hydroxylation is 1. The molecule has 3 N–H and O–H groups in total. The van der Waals surface area contributed by atoms with Crippen molar-refractivity contribution in [1.82, 2.24) is 9.80 Å². The quantitative estimate of drug-likeness (QED) is 0.229. The van der Waals surface area contributed by atoms with E-state index in [1.54, 1.807) is 11.3 Å². The van der Waals surface area contributed by atoms with Gasteiger partial charge in [-0.3, -0.25) is 9.69 Å². The zero-order chi connectivity index (χ0) is 41.6. The van der Waals surface area contributed by atoms with E-state index < -0.39 is 16.4 Å². The second kappa shape index (κ2) is 12.9. The number of aliphatic hydroxyl groups is 1. The van der Waals surface area contributed by atoms with Crippen LogP contribution in [0.4, 0.5) is 0 Å². The van der Waals surface area contributed by atoms with E-state index in [2.05, 4.69) is 54.0 Å². The van der Waals surface area contributed by atoms with Crippen molar-refractivity contribution in [3.63, 3.8) is 0 Å². The van der Waals surface area contributed by atoms with Crippen LogP contribution < -0.4 is 5.73 Å². The predicted molar refractivity (Wildman–Crippen MR) is 235 cm³/mol. The minimum Gasteiger partial charge on any atom is -0.508 e. The number of nitrogens with two attached hydrogens (primary N) is 1. The highest BCUT2D eigenvalue weighted by Crippen LogP contribution is 2.88. The van der Waals surface area contributed by atoms with E-state index in [1.807, 2.05) is 0 Å². The fraction of sp³-hybridized carbons (Fsp3) is 0.704. The molecule has 4 saturated heterocycles. The molecule has 0 amide bonds. The highest BCUT2D eigenvalue weighted by Gasteiger charge is 2.94. The molecule has 1 aromatic carbocycles. The molecule has 8 nitrogen and oxygen atoms in total. The number of carbonyl (C=O) groups excluding carboxylic acids is 2. The molecule has 0 aromatic heterocycles. The largest absolute Gasteiger partial charge is 0.508 e. The molecule has 6 aliphatic carbocycles. The Morgan fingerprint density at radius 3 is 2.63 bits per heavy atom. The first-order valence-electron chi connectivity index (χ1n) is 25.6. The molecular weight excluding hydrogens is 771 g/mol. The van der Waals surface area contributed by atoms with Crippen molar-refractivity contribution < 1.29 is 24.2 Å². The van der Waals surface area contributed by atoms with Crippen molar-refractivity contribution in [2.24, 2.45) is 75.7 Å². The maximum atomic E-state index is 16.1. The van der Waals surface area contributed by atoms with Gasteiger partial charge < -0.3 is 25.2 Å². The third-order valence-corrected chi connectivity index (χ3v) is 21.1. The van der Waals surface area contributed by atoms with Crippen LogP contribution >= 0.6 is 0 Å². The lowest BCUT2D eigenvalue weighted by molar-refractivity contribution is -0.281. The van der Waals surface area contributed by atoms with Gasteiger partial charge in [0.15, 0.2) is 11.4 Å². The van der Waals surface area contributed by atoms with Crippen molar-refractivity contribution in [3.8, 4) is 0 Å². The Labute approximate surface area is 367 Å². The number of nitrogens with zero attached hydrogens (tertiary/aromatic N) is 2. The minimum absolute atomic E-state index is 0.105. The topological polar surface area (TPSA) is 105 Å². The van der Waals surface area contributed by atoms with Crippen LogP contribution in [0.5, 0.6) is 0 Å². The summed E-state index contributed by atoms with van der Waals surface area (Å²) < 4.78 is 14.4. The normalized spacial score (nSPS) is 48.5. The number of ether oxygens (including phenoxy) is 2. The van der Waals surface area contributed by atoms with Crippen molar-refractivity contribution in [2.45, 2.75) is 147 Å². The molecule has 15 atom stereocenters. The number of benzene rings is 1. The Kier molecular flexibility index (Phi) is 7.91. The molecule has 7 aliphatic heterocycles. The molecule has 1 aromatic rings. The molecule has 3 spiro atoms. The highest BCUT2D eigenvalue weighted by molar-refractivity contribution is 6.00. The van der Waals surface area contributed by atoms with Crippen LogP contribution in [-0.4, -0.2) is 64.6 Å². The van der Waals surface area contributed by atoms with E-state index in [0.717, 1.165) is 49.8 Å². The second-order valence-electron chi connectivity index (χ2n) is 23.3. The third kappa shape index (κ3) is 4.27. The van der Waals surface area contributed by atoms with Gasteiger partial charge in [-0.1, -0.05) is 74.6 Å². The maximum absolute atomic E-state index is 16.1. The lowest BCUT2D eigenvalue weighted by Crippen LogP contribution is -2.78. The molecule has 13 aliphatic rings. The summed E-state index contributed by atoms with van der Waals surface area (Å²) in [4.78, 5) is 37.0. The molecule has 7 heterocycles. The molecule has 328 valence electrons. The van der Waals surface area contributed by atoms with Gasteiger partial charge in [0.25, 0.3) is 0 Å². The predicted octanol–water partition coefficient (Wildman–Crippen LogP) is 9.26. The lowest BCUT2D eigenvalue weighted by atomic mass is 9.27. The summed E-state index contributed by atoms with van der Waals surface area (Å²) >= 11 is 0. The summed E-state index contributed by atoms with van der Waals surface area (Å²) in [5.74, 6) is 3.39. The molecule has 8 heteroatoms. The summed E-state index contributed by atoms with van der Waals surface area (Å²) in [5, 5.41) is 13.7. The number of aliphatic hydroxyl groups excluding tert-OH is 1. The van der Waals surface area contributed by atoms with Gasteiger partial charge in [-0.05, 0) is 149 Å². The van der Waals surface area contributed by atoms with Crippen molar-refractivity contribution >= 4 is 11.9 Å². The standard InChI is InChI=1S/C54H67N3O5/c1-28-13-14-32-25-38-29(2)23-33-15-17-40-34-24-35-27-57(40)47(33)44(38)36-19-20-52-49(48(58)37-16-18-41(35)56(26-34)46(37)31-8-4-3-5-9-31)61-51(60)53(52,45(32)36)42(22-28)54(52)39-12-6-10-30(11-7-21-55)43(39)50(59)62-54/h6,10,12-14,28-29,31-32,34-35,37-38,40-42,44,46,58H,3-5,7-9,11,15-27,55H2,1-2H3/b14-13-,49-48+/t28-,29-,32-,34+,35+,37-,38+,40+,41-,42+,44+,46+,52-,53-,54-/m1/s1. The zero-order valence-corrected chi connectivity index (χ0v) is 37.1. The number of fused-ring (bicyclic) bond motifs is 8. The molecule has 0 radical (unpaired) electrons. The number of carbonyl (C=O) groups is 2. The monoisotopic (exact) mass is 838 g/mol. The van der Waals surface area contributed by atoms with E-state index in [-0.39, 0.29) is 41.7 Å². The number of hydrogen-bond acceptors (Lipinski definition) is 8. The van der Waals surface area contributed by atoms with Gasteiger partial charge in [-0.15, -0.1) is 0 Å². The highest BCUT2D eigenvalue weighted by atomic mass is 16.6. The SMILES string of the molecule is C[C@@H]1/C=C\[C@@H]2C[C@@H]3[C@@H]4C5=C2[C@]26C(=O)O/C(=C(/O)[C@@H]7CC[C@@H]8[C@H]9C[C@@H](CN8[C@H]7C7CCCCC7)[C@@H]7CCC(=C4N7C9)C[C@H]3C)[C@@]2(CC5)[C@]2(OC(=O)c3c(CCCN)cccc32)[C@H]6C1. The van der Waals surface area contributed by atoms with Gasteiger partial charge in [0.05, 0.1) is 11.0 Å². The molecular formula is C54H67N3O5. The van der Waals surface area contributed by atoms with Crippen LogP contribution in [0.2, 0.25) is 0 Å². The second-order valence-corrected chi connectivity index (χ2v) is 23.3. The van der Waals surface area contributed by atoms with Crippen LogP contribution in [0.15, 0.2) is 64.3 Å². The van der Waals surface area contributed by atoms with Gasteiger partial charge in [0.2, 0.25) is 0 Å². The van der Waals surface area contributed by atoms with Gasteiger partial charge in [-0.25, -0.2) is 4.79 Å². The minimum atomic E-state index is -1.12. The molecule has 62 heavy (non-hydrogen) atoms. The summed E-state index contributed by atoms with van der Waals surface area (Å²) in [7, 11) is 0. The first-order chi connectivity index (χ1) is 30.2. The Morgan fingerprint density at radius 1 is 0.919 bits per heavy atom. The summed E-state index contributed by atoms with van der Waals surface area (Å²) in [6, 6.07) is 7.64. The molecule has 0 unspecified atom stereocenters. The Hall–Kier alpha value is -3.36. The lowest BCUT2D eigenvalue weighted by Gasteiger charge is -2.73. The van der Waals surface area contributed by atoms with Gasteiger partial charge in [0.1, 0.15) is 11.2 Å². The average Bonchev–Trinajstić information content (AvgIpc) is 3.74. The number of piperidine rings is 3. The molecule has 2 saturated carbocycles. The smallest absolute Gasteiger partial charge is 0.339 e. The van der Waals surface area contributed by atoms with Crippen LogP contribution in [0, 0.1) is 70.0 Å². The number of esters is 2. The number of rotatable bonds is 4. The number of hydrogen-bond donors (Lipinski definition) is 2. The fourth-order valence-electron chi connectivity index (χ4n) is 19.3. The average molecular weight is 838 g/mol. The Bertz CT molecular complexity index is 2320. The van der Waals surface area contributed by atoms with Crippen molar-refractivity contribution in [3.05, 3.63) is 81.0 Å². The van der Waals surface area contributed by atoms with Crippen LogP contribution in [0.3, 0.4) is 0 Å². The fourth-order valence-corrected chi connectivity index (χ4v) is 19.3. The van der Waals surface area contributed by atoms with Gasteiger partial charge >= 0.3 is 11.9 Å². The van der Waals surface area contributed by atoms with Gasteiger partial charge in [0, 0.05) is 60.2 Å². The maximum Gasteiger partial charge on any atom is 0.339 e. The van der Waals surface area contributed by atoms with E-state index in [0.29, 0.717) is 90.5 Å². The Balaban J connectivity index is 1.09. The van der Waals surface area contributed by atoms with E-state index in [9.17, 15) is 9.90 Å². The van der Waals surface area contributed by atoms with E-state index in [1.165, 1.54) is 75.5 Å². The third-order valence-electron chi connectivity index (χ3n) is 21.1. The van der Waals surface area contributed by atoms with E-state index in [4.69, 9.17) is 15.2 Å².